The quantitative estimate of drug-likeness (QED) is 0.118. The number of aromatic nitrogens is 1. The van der Waals surface area contributed by atoms with E-state index >= 15 is 0 Å². The summed E-state index contributed by atoms with van der Waals surface area (Å²) in [5, 5.41) is 20.3. The molecule has 1 saturated heterocycles. The van der Waals surface area contributed by atoms with Gasteiger partial charge in [-0.1, -0.05) is 53.2 Å². The number of rotatable bonds is 19. The summed E-state index contributed by atoms with van der Waals surface area (Å²) in [4.78, 5) is 74.7. The van der Waals surface area contributed by atoms with Crippen LogP contribution in [0, 0.1) is 17.8 Å². The van der Waals surface area contributed by atoms with Gasteiger partial charge < -0.3 is 36.4 Å². The van der Waals surface area contributed by atoms with Gasteiger partial charge in [-0.2, -0.15) is 0 Å². The third-order valence-electron chi connectivity index (χ3n) is 11.0. The van der Waals surface area contributed by atoms with Gasteiger partial charge in [-0.05, 0) is 89.1 Å². The Morgan fingerprint density at radius 3 is 2.31 bits per heavy atom. The average Bonchev–Trinajstić information content (AvgIpc) is 3.64. The summed E-state index contributed by atoms with van der Waals surface area (Å²) in [5.74, 6) is -2.80. The summed E-state index contributed by atoms with van der Waals surface area (Å²) >= 11 is 1.16. The number of thiazole rings is 1. The van der Waals surface area contributed by atoms with Crippen molar-refractivity contribution in [2.75, 3.05) is 32.9 Å². The second kappa shape index (κ2) is 20.6. The Kier molecular flexibility index (Phi) is 16.9. The number of benzene rings is 1. The summed E-state index contributed by atoms with van der Waals surface area (Å²) in [7, 11) is 3.66. The van der Waals surface area contributed by atoms with E-state index in [4.69, 9.17) is 10.5 Å². The lowest BCUT2D eigenvalue weighted by molar-refractivity contribution is -0.143. The second-order valence-electron chi connectivity index (χ2n) is 15.6. The summed E-state index contributed by atoms with van der Waals surface area (Å²) in [6.45, 7) is 14.3. The molecule has 0 aliphatic carbocycles. The van der Waals surface area contributed by atoms with Crippen LogP contribution in [0.15, 0.2) is 29.6 Å². The molecule has 1 aliphatic heterocycles. The summed E-state index contributed by atoms with van der Waals surface area (Å²) in [6, 6.07) is 5.47. The molecule has 3 rings (SSSR count). The van der Waals surface area contributed by atoms with Crippen molar-refractivity contribution in [3.63, 3.8) is 0 Å². The molecule has 7 atom stereocenters. The summed E-state index contributed by atoms with van der Waals surface area (Å²) in [5.41, 5.74) is 6.70. The molecule has 6 N–H and O–H groups in total. The predicted octanol–water partition coefficient (Wildman–Crippen LogP) is 5.24. The molecule has 1 aromatic carbocycles. The zero-order chi connectivity index (χ0) is 41.0. The van der Waals surface area contributed by atoms with Crippen molar-refractivity contribution in [2.24, 2.45) is 17.8 Å². The molecule has 0 radical (unpaired) electrons. The van der Waals surface area contributed by atoms with E-state index in [0.29, 0.717) is 36.5 Å². The number of ether oxygens (including phenoxy) is 1. The Morgan fingerprint density at radius 1 is 1.05 bits per heavy atom. The molecule has 2 aromatic rings. The number of hydrogen-bond donors (Lipinski definition) is 5. The minimum Gasteiger partial charge on any atom is -0.481 e. The zero-order valence-electron chi connectivity index (χ0n) is 34.0. The molecule has 306 valence electrons. The molecule has 0 saturated carbocycles. The molecule has 55 heavy (non-hydrogen) atoms. The van der Waals surface area contributed by atoms with Crippen LogP contribution in [-0.4, -0.2) is 101 Å². The number of carboxylic acid groups (broad SMARTS) is 1. The molecule has 15 heteroatoms. The monoisotopic (exact) mass is 785 g/mol. The maximum atomic E-state index is 14.4. The number of anilines is 1. The fourth-order valence-corrected chi connectivity index (χ4v) is 7.81. The van der Waals surface area contributed by atoms with Crippen LogP contribution in [0.25, 0.3) is 0 Å². The number of nitrogens with zero attached hydrogens (tertiary/aromatic N) is 3. The van der Waals surface area contributed by atoms with E-state index in [1.54, 1.807) is 43.3 Å². The number of nitrogens with two attached hydrogens (primary N) is 1. The van der Waals surface area contributed by atoms with Gasteiger partial charge in [0.25, 0.3) is 5.91 Å². The first-order valence-electron chi connectivity index (χ1n) is 19.5. The van der Waals surface area contributed by atoms with E-state index in [1.165, 1.54) is 0 Å². The minimum absolute atomic E-state index is 0.0855. The average molecular weight is 786 g/mol. The maximum absolute atomic E-state index is 14.4. The number of carboxylic acids is 1. The van der Waals surface area contributed by atoms with Gasteiger partial charge in [-0.25, -0.2) is 9.78 Å². The lowest BCUT2D eigenvalue weighted by Crippen LogP contribution is -2.62. The number of likely N-dealkylation sites (tertiary alicyclic amines) is 1. The van der Waals surface area contributed by atoms with E-state index in [2.05, 4.69) is 25.8 Å². The Balaban J connectivity index is 1.87. The highest BCUT2D eigenvalue weighted by molar-refractivity contribution is 7.09. The van der Waals surface area contributed by atoms with Crippen LogP contribution in [0.3, 0.4) is 0 Å². The van der Waals surface area contributed by atoms with Crippen LogP contribution in [0.4, 0.5) is 10.5 Å². The van der Waals surface area contributed by atoms with Gasteiger partial charge in [0.1, 0.15) is 16.7 Å². The lowest BCUT2D eigenvalue weighted by Gasteiger charge is -2.43. The molecular formula is C40H63N7O7S. The Hall–Kier alpha value is -4.24. The van der Waals surface area contributed by atoms with Gasteiger partial charge in [-0.3, -0.25) is 24.1 Å². The summed E-state index contributed by atoms with van der Waals surface area (Å²) < 4.78 is 5.90. The molecular weight excluding hydrogens is 723 g/mol. The van der Waals surface area contributed by atoms with Crippen LogP contribution in [0.1, 0.15) is 114 Å². The number of likely N-dealkylation sites (N-methyl/N-ethyl adjacent to an activating group) is 2. The number of hydrogen-bond acceptors (Lipinski definition) is 10. The van der Waals surface area contributed by atoms with Crippen LogP contribution in [-0.2, 0) is 25.5 Å². The fourth-order valence-electron chi connectivity index (χ4n) is 6.97. The number of piperidine rings is 1. The molecule has 1 aromatic heterocycles. The standard InChI is InChI=1S/C40H63N7O7S/c1-10-25(5)33(45-38(52)40(7)18-12-13-19-46(40)8)36(49)47(9)31(24(3)4)22-32(54-39(53)42-11-2)35-44-30(23-55-35)34(48)43-29(20-26(6)37(50)51)21-27-14-16-28(41)17-15-27/h14-17,23-26,29,31-33H,10-13,18-22,41H2,1-9H3,(H,42,53)(H,43,48)(H,45,52)(H,50,51)/t25-,26-,29+,31?,32+,33-,40-/m0/s1. The van der Waals surface area contributed by atoms with E-state index in [-0.39, 0.29) is 42.2 Å². The number of nitrogens with one attached hydrogen (secondary N) is 3. The van der Waals surface area contributed by atoms with Gasteiger partial charge in [-0.15, -0.1) is 11.3 Å². The van der Waals surface area contributed by atoms with Gasteiger partial charge in [0.05, 0.1) is 11.5 Å². The number of amides is 4. The summed E-state index contributed by atoms with van der Waals surface area (Å²) in [6.07, 6.45) is 2.52. The number of aliphatic carboxylic acids is 1. The first-order chi connectivity index (χ1) is 25.9. The largest absolute Gasteiger partial charge is 0.481 e. The van der Waals surface area contributed by atoms with Crippen molar-refractivity contribution in [2.45, 2.75) is 123 Å². The van der Waals surface area contributed by atoms with Crippen molar-refractivity contribution < 1.29 is 33.8 Å². The highest BCUT2D eigenvalue weighted by Crippen LogP contribution is 2.32. The van der Waals surface area contributed by atoms with E-state index in [9.17, 15) is 29.1 Å². The molecule has 0 spiro atoms. The van der Waals surface area contributed by atoms with Crippen molar-refractivity contribution in [1.29, 1.82) is 0 Å². The first-order valence-corrected chi connectivity index (χ1v) is 20.4. The Bertz CT molecular complexity index is 1600. The van der Waals surface area contributed by atoms with Crippen molar-refractivity contribution in [3.05, 3.63) is 45.9 Å². The minimum atomic E-state index is -0.968. The Morgan fingerprint density at radius 2 is 1.73 bits per heavy atom. The van der Waals surface area contributed by atoms with E-state index < -0.39 is 53.7 Å². The zero-order valence-corrected chi connectivity index (χ0v) is 34.8. The van der Waals surface area contributed by atoms with Crippen LogP contribution in [0.2, 0.25) is 0 Å². The highest BCUT2D eigenvalue weighted by atomic mass is 32.1. The molecule has 1 fully saturated rings. The van der Waals surface area contributed by atoms with Gasteiger partial charge in [0.2, 0.25) is 11.8 Å². The van der Waals surface area contributed by atoms with Crippen molar-refractivity contribution >= 4 is 46.8 Å². The Labute approximate surface area is 330 Å². The third kappa shape index (κ3) is 12.4. The fraction of sp³-hybridized carbons (Fsp3) is 0.650. The van der Waals surface area contributed by atoms with E-state index in [0.717, 1.165) is 36.3 Å². The molecule has 4 amide bonds. The molecule has 1 aliphatic rings. The molecule has 14 nitrogen and oxygen atoms in total. The highest BCUT2D eigenvalue weighted by Gasteiger charge is 2.42. The first kappa shape index (κ1) is 45.2. The van der Waals surface area contributed by atoms with Crippen molar-refractivity contribution in [3.8, 4) is 0 Å². The molecule has 2 heterocycles. The van der Waals surface area contributed by atoms with Crippen LogP contribution in [0.5, 0.6) is 0 Å². The van der Waals surface area contributed by atoms with E-state index in [1.807, 2.05) is 53.8 Å². The van der Waals surface area contributed by atoms with Crippen LogP contribution < -0.4 is 21.7 Å². The number of nitrogen functional groups attached to an aromatic ring is 1. The van der Waals surface area contributed by atoms with Gasteiger partial charge in [0, 0.05) is 43.2 Å². The lowest BCUT2D eigenvalue weighted by atomic mass is 9.86. The third-order valence-corrected chi connectivity index (χ3v) is 12.0. The second-order valence-corrected chi connectivity index (χ2v) is 16.5. The van der Waals surface area contributed by atoms with Crippen molar-refractivity contribution in [1.82, 2.24) is 30.7 Å². The normalized spacial score (nSPS) is 19.3. The topological polar surface area (TPSA) is 196 Å². The smallest absolute Gasteiger partial charge is 0.407 e. The molecule has 1 unspecified atom stereocenters. The van der Waals surface area contributed by atoms with Gasteiger partial charge >= 0.3 is 12.1 Å². The molecule has 0 bridgehead atoms. The number of alkyl carbamates (subject to hydrolysis) is 1. The SMILES string of the molecule is CCNC(=O)O[C@H](CC(C(C)C)N(C)C(=O)[C@@H](NC(=O)[C@]1(C)CCCCN1C)[C@@H](C)CC)c1nc(C(=O)N[C@@H](Cc2ccc(N)cc2)C[C@H](C)C(=O)O)cs1. The van der Waals surface area contributed by atoms with Gasteiger partial charge in [0.15, 0.2) is 6.10 Å². The number of carbonyl (C=O) groups excluding carboxylic acids is 4. The number of carbonyl (C=O) groups is 5. The predicted molar refractivity (Wildman–Crippen MR) is 215 cm³/mol. The van der Waals surface area contributed by atoms with Crippen LogP contribution >= 0.6 is 11.3 Å². The maximum Gasteiger partial charge on any atom is 0.407 e.